The molecular formula is C22H18N6O3S. The molecule has 160 valence electrons. The Balaban J connectivity index is 1.40. The van der Waals surface area contributed by atoms with Crippen molar-refractivity contribution in [1.29, 1.82) is 0 Å². The lowest BCUT2D eigenvalue weighted by Crippen LogP contribution is -2.27. The van der Waals surface area contributed by atoms with Crippen LogP contribution in [0.25, 0.3) is 11.0 Å². The predicted molar refractivity (Wildman–Crippen MR) is 117 cm³/mol. The molecule has 4 heterocycles. The van der Waals surface area contributed by atoms with E-state index in [-0.39, 0.29) is 11.5 Å². The van der Waals surface area contributed by atoms with Gasteiger partial charge in [-0.15, -0.1) is 0 Å². The topological polar surface area (TPSA) is 143 Å². The van der Waals surface area contributed by atoms with Crippen molar-refractivity contribution >= 4 is 40.2 Å². The third kappa shape index (κ3) is 2.94. The van der Waals surface area contributed by atoms with E-state index in [9.17, 15) is 9.59 Å². The van der Waals surface area contributed by atoms with Crippen LogP contribution in [0, 0.1) is 0 Å². The number of H-pyrrole nitrogens is 2. The summed E-state index contributed by atoms with van der Waals surface area (Å²) in [5.74, 6) is -0.471. The number of anilines is 1. The Morgan fingerprint density at radius 2 is 2.06 bits per heavy atom. The Labute approximate surface area is 185 Å². The second-order valence-corrected chi connectivity index (χ2v) is 8.76. The number of aromatic amines is 2. The van der Waals surface area contributed by atoms with Crippen LogP contribution >= 0.6 is 11.8 Å². The van der Waals surface area contributed by atoms with Crippen LogP contribution in [0.4, 0.5) is 5.69 Å². The van der Waals surface area contributed by atoms with Crippen molar-refractivity contribution in [3.63, 3.8) is 0 Å². The normalized spacial score (nSPS) is 17.9. The van der Waals surface area contributed by atoms with Crippen LogP contribution in [-0.4, -0.2) is 31.9 Å². The molecule has 1 unspecified atom stereocenters. The summed E-state index contributed by atoms with van der Waals surface area (Å²) in [4.78, 5) is 32.6. The lowest BCUT2D eigenvalue weighted by atomic mass is 9.80. The van der Waals surface area contributed by atoms with Gasteiger partial charge in [0.1, 0.15) is 5.76 Å². The summed E-state index contributed by atoms with van der Waals surface area (Å²) in [5, 5.41) is 11.6. The molecule has 32 heavy (non-hydrogen) atoms. The molecule has 1 aliphatic carbocycles. The summed E-state index contributed by atoms with van der Waals surface area (Å²) >= 11 is 1.37. The smallest absolute Gasteiger partial charge is 0.271 e. The van der Waals surface area contributed by atoms with Crippen molar-refractivity contribution in [2.75, 3.05) is 5.32 Å². The summed E-state index contributed by atoms with van der Waals surface area (Å²) in [5.41, 5.74) is 10.0. The molecule has 0 bridgehead atoms. The number of hydrogen-bond acceptors (Lipinski definition) is 7. The number of Topliss-reactive ketones (excluding diaryl/α,β-unsaturated/α-hetero) is 1. The number of furan rings is 1. The molecule has 2 aliphatic rings. The molecule has 1 atom stereocenters. The van der Waals surface area contributed by atoms with E-state index in [0.29, 0.717) is 45.8 Å². The maximum absolute atomic E-state index is 12.9. The fourth-order valence-corrected chi connectivity index (χ4v) is 5.16. The number of allylic oxidation sites excluding steroid dienone is 2. The van der Waals surface area contributed by atoms with Crippen molar-refractivity contribution in [2.24, 2.45) is 5.73 Å². The molecule has 5 N–H and O–H groups in total. The fraction of sp³-hybridized carbons (Fsp3) is 0.182. The Kier molecular flexibility index (Phi) is 4.22. The summed E-state index contributed by atoms with van der Waals surface area (Å²) in [6.07, 6.45) is 1.94. The number of nitrogens with zero attached hydrogens (tertiary/aromatic N) is 2. The van der Waals surface area contributed by atoms with Gasteiger partial charge in [-0.2, -0.15) is 5.10 Å². The Morgan fingerprint density at radius 3 is 2.91 bits per heavy atom. The van der Waals surface area contributed by atoms with Gasteiger partial charge in [0, 0.05) is 17.7 Å². The molecule has 1 aromatic carbocycles. The predicted octanol–water partition coefficient (Wildman–Crippen LogP) is 3.69. The second-order valence-electron chi connectivity index (χ2n) is 7.77. The number of amides is 1. The minimum absolute atomic E-state index is 0.0625. The zero-order valence-corrected chi connectivity index (χ0v) is 17.6. The molecule has 6 rings (SSSR count). The number of para-hydroxylation sites is 2. The number of carbonyl (C=O) groups is 2. The largest absolute Gasteiger partial charge is 0.453 e. The maximum Gasteiger partial charge on any atom is 0.271 e. The van der Waals surface area contributed by atoms with Crippen LogP contribution in [0.1, 0.15) is 47.1 Å². The number of carbonyl (C=O) groups excluding carboxylic acids is 2. The Hall–Kier alpha value is -3.79. The van der Waals surface area contributed by atoms with Gasteiger partial charge in [0.2, 0.25) is 0 Å². The molecule has 0 saturated carbocycles. The number of nitrogens with two attached hydrogens (primary N) is 1. The number of hydrogen-bond donors (Lipinski definition) is 4. The molecule has 0 radical (unpaired) electrons. The lowest BCUT2D eigenvalue weighted by molar-refractivity contribution is -0.116. The van der Waals surface area contributed by atoms with Crippen LogP contribution < -0.4 is 11.1 Å². The molecule has 4 aromatic rings. The number of rotatable bonds is 4. The van der Waals surface area contributed by atoms with Gasteiger partial charge in [-0.25, -0.2) is 4.98 Å². The third-order valence-electron chi connectivity index (χ3n) is 5.79. The summed E-state index contributed by atoms with van der Waals surface area (Å²) in [6, 6.07) is 11.5. The molecule has 0 spiro atoms. The van der Waals surface area contributed by atoms with Crippen LogP contribution in [0.5, 0.6) is 0 Å². The third-order valence-corrected chi connectivity index (χ3v) is 6.60. The van der Waals surface area contributed by atoms with E-state index in [2.05, 4.69) is 25.5 Å². The highest BCUT2D eigenvalue weighted by molar-refractivity contribution is 7.99. The Morgan fingerprint density at radius 1 is 1.19 bits per heavy atom. The maximum atomic E-state index is 12.9. The minimum Gasteiger partial charge on any atom is -0.453 e. The first-order valence-electron chi connectivity index (χ1n) is 10.2. The van der Waals surface area contributed by atoms with E-state index >= 15 is 0 Å². The standard InChI is InChI=1S/C22H18N6O3S/c23-21(30)20-19-18(27-28-20)17(16-12(24-19)6-3-7-13(16)29)14-8-9-15(31-14)32-22-25-10-4-1-2-5-11(10)26-22/h1-2,4-5,8-9,17,24H,3,6-7H2,(H2,23,30)(H,25,26)(H,27,28). The molecular weight excluding hydrogens is 428 g/mol. The number of primary amides is 1. The zero-order valence-electron chi connectivity index (χ0n) is 16.8. The van der Waals surface area contributed by atoms with E-state index in [1.54, 1.807) is 0 Å². The van der Waals surface area contributed by atoms with Gasteiger partial charge in [-0.05, 0) is 48.9 Å². The SMILES string of the molecule is NC(=O)c1n[nH]c2c1NC1=C(C(=O)CCC1)C2c1ccc(Sc2nc3ccccc3[nH]2)o1. The molecule has 0 saturated heterocycles. The van der Waals surface area contributed by atoms with Gasteiger partial charge in [0.15, 0.2) is 21.7 Å². The number of imidazole rings is 1. The summed E-state index contributed by atoms with van der Waals surface area (Å²) in [7, 11) is 0. The molecule has 0 fully saturated rings. The van der Waals surface area contributed by atoms with Gasteiger partial charge >= 0.3 is 0 Å². The highest BCUT2D eigenvalue weighted by Gasteiger charge is 2.40. The summed E-state index contributed by atoms with van der Waals surface area (Å²) < 4.78 is 6.17. The Bertz CT molecular complexity index is 1400. The minimum atomic E-state index is -0.638. The van der Waals surface area contributed by atoms with Crippen molar-refractivity contribution < 1.29 is 14.0 Å². The van der Waals surface area contributed by atoms with Crippen molar-refractivity contribution in [1.82, 2.24) is 20.2 Å². The van der Waals surface area contributed by atoms with Crippen LogP contribution in [0.2, 0.25) is 0 Å². The molecule has 1 aliphatic heterocycles. The average Bonchev–Trinajstić information content (AvgIpc) is 3.50. The van der Waals surface area contributed by atoms with E-state index in [1.165, 1.54) is 11.8 Å². The number of nitrogens with one attached hydrogen (secondary N) is 3. The van der Waals surface area contributed by atoms with Gasteiger partial charge < -0.3 is 20.5 Å². The first kappa shape index (κ1) is 18.9. The number of fused-ring (bicyclic) bond motifs is 2. The van der Waals surface area contributed by atoms with Crippen LogP contribution in [-0.2, 0) is 4.79 Å². The van der Waals surface area contributed by atoms with E-state index < -0.39 is 11.8 Å². The highest BCUT2D eigenvalue weighted by Crippen LogP contribution is 2.46. The van der Waals surface area contributed by atoms with Gasteiger partial charge in [-0.3, -0.25) is 14.7 Å². The molecule has 10 heteroatoms. The van der Waals surface area contributed by atoms with Crippen LogP contribution in [0.15, 0.2) is 62.3 Å². The van der Waals surface area contributed by atoms with E-state index in [0.717, 1.165) is 23.2 Å². The lowest BCUT2D eigenvalue weighted by Gasteiger charge is -2.30. The highest BCUT2D eigenvalue weighted by atomic mass is 32.2. The second kappa shape index (κ2) is 7.13. The fourth-order valence-electron chi connectivity index (χ4n) is 4.39. The molecule has 9 nitrogen and oxygen atoms in total. The van der Waals surface area contributed by atoms with Gasteiger partial charge in [0.05, 0.1) is 28.3 Å². The van der Waals surface area contributed by atoms with Gasteiger partial charge in [-0.1, -0.05) is 12.1 Å². The monoisotopic (exact) mass is 446 g/mol. The number of ketones is 1. The van der Waals surface area contributed by atoms with Crippen molar-refractivity contribution in [2.45, 2.75) is 35.4 Å². The summed E-state index contributed by atoms with van der Waals surface area (Å²) in [6.45, 7) is 0. The quantitative estimate of drug-likeness (QED) is 0.374. The zero-order chi connectivity index (χ0) is 21.8. The number of aromatic nitrogens is 4. The number of benzene rings is 1. The van der Waals surface area contributed by atoms with Crippen LogP contribution in [0.3, 0.4) is 0 Å². The van der Waals surface area contributed by atoms with Gasteiger partial charge in [0.25, 0.3) is 5.91 Å². The van der Waals surface area contributed by atoms with Crippen molar-refractivity contribution in [3.8, 4) is 0 Å². The molecule has 1 amide bonds. The molecule has 3 aromatic heterocycles. The first-order valence-corrected chi connectivity index (χ1v) is 11.0. The van der Waals surface area contributed by atoms with E-state index in [4.69, 9.17) is 10.2 Å². The van der Waals surface area contributed by atoms with E-state index in [1.807, 2.05) is 36.4 Å². The average molecular weight is 446 g/mol. The van der Waals surface area contributed by atoms with Crippen molar-refractivity contribution in [3.05, 3.63) is 64.8 Å². The first-order chi connectivity index (χ1) is 15.6.